The molecule has 0 atom stereocenters. The van der Waals surface area contributed by atoms with Gasteiger partial charge in [0.15, 0.2) is 0 Å². The highest BCUT2D eigenvalue weighted by Gasteiger charge is 2.41. The SMILES string of the molecule is Oc1ccc(C(c2ccc(Cl)cc2)(c2ccc(Cl)cc2)c2ccc(C(c3ccc(O)cc3)(c3ccc(Cl)cc3)c3ccc(Cl)cc3)cc2)cc1. The van der Waals surface area contributed by atoms with Crippen LogP contribution in [0.2, 0.25) is 20.1 Å². The smallest absolute Gasteiger partial charge is 0.115 e. The Labute approximate surface area is 311 Å². The summed E-state index contributed by atoms with van der Waals surface area (Å²) in [6, 6.07) is 54.8. The van der Waals surface area contributed by atoms with Crippen LogP contribution < -0.4 is 0 Å². The highest BCUT2D eigenvalue weighted by molar-refractivity contribution is 6.31. The van der Waals surface area contributed by atoms with Crippen LogP contribution in [0.1, 0.15) is 44.5 Å². The number of phenolic OH excluding ortho intramolecular Hbond substituents is 2. The summed E-state index contributed by atoms with van der Waals surface area (Å²) < 4.78 is 0. The van der Waals surface area contributed by atoms with Crippen molar-refractivity contribution in [2.45, 2.75) is 10.8 Å². The molecule has 0 aliphatic rings. The summed E-state index contributed by atoms with van der Waals surface area (Å²) in [7, 11) is 0. The van der Waals surface area contributed by atoms with Gasteiger partial charge in [-0.3, -0.25) is 0 Å². The molecule has 0 aromatic heterocycles. The third-order valence-corrected chi connectivity index (χ3v) is 10.5. The van der Waals surface area contributed by atoms with Crippen LogP contribution >= 0.6 is 46.4 Å². The fourth-order valence-corrected chi connectivity index (χ4v) is 7.70. The Hall–Kier alpha value is -4.70. The van der Waals surface area contributed by atoms with Gasteiger partial charge in [-0.05, 0) is 117 Å². The zero-order chi connectivity index (χ0) is 34.9. The molecule has 0 heterocycles. The van der Waals surface area contributed by atoms with Crippen LogP contribution in [0.4, 0.5) is 0 Å². The molecule has 0 fully saturated rings. The first kappa shape index (κ1) is 33.8. The maximum atomic E-state index is 10.3. The summed E-state index contributed by atoms with van der Waals surface area (Å²) in [6.45, 7) is 0. The molecule has 0 saturated carbocycles. The van der Waals surface area contributed by atoms with E-state index in [1.807, 2.05) is 121 Å². The quantitative estimate of drug-likeness (QED) is 0.153. The predicted octanol–water partition coefficient (Wildman–Crippen LogP) is 12.5. The zero-order valence-electron chi connectivity index (χ0n) is 26.6. The maximum absolute atomic E-state index is 10.3. The molecular weight excluding hydrogens is 702 g/mol. The van der Waals surface area contributed by atoms with Crippen molar-refractivity contribution in [3.63, 3.8) is 0 Å². The van der Waals surface area contributed by atoms with Crippen molar-refractivity contribution in [3.05, 3.63) is 234 Å². The second-order valence-electron chi connectivity index (χ2n) is 12.2. The van der Waals surface area contributed by atoms with Crippen molar-refractivity contribution < 1.29 is 10.2 Å². The van der Waals surface area contributed by atoms with Gasteiger partial charge >= 0.3 is 0 Å². The standard InChI is InChI=1S/C44H30Cl4O2/c45-37-17-5-31(6-18-37)43(32-7-19-38(46)20-8-32,35-13-25-41(49)26-14-35)29-1-2-30(4-3-29)44(33-9-21-39(47)22-10-33,34-11-23-40(48)24-12-34)36-15-27-42(50)28-16-36/h1-28,49-50H. The molecule has 6 heteroatoms. The lowest BCUT2D eigenvalue weighted by Gasteiger charge is -2.39. The molecule has 2 nitrogen and oxygen atoms in total. The fraction of sp³-hybridized carbons (Fsp3) is 0.0455. The van der Waals surface area contributed by atoms with Crippen LogP contribution in [0.5, 0.6) is 11.5 Å². The highest BCUT2D eigenvalue weighted by Crippen LogP contribution is 2.49. The Balaban J connectivity index is 1.54. The highest BCUT2D eigenvalue weighted by atomic mass is 35.5. The number of phenols is 2. The average Bonchev–Trinajstić information content (AvgIpc) is 3.13. The molecular formula is C44H30Cl4O2. The van der Waals surface area contributed by atoms with Gasteiger partial charge in [0.25, 0.3) is 0 Å². The number of rotatable bonds is 8. The monoisotopic (exact) mass is 730 g/mol. The van der Waals surface area contributed by atoms with Crippen LogP contribution in [-0.2, 0) is 10.8 Å². The maximum Gasteiger partial charge on any atom is 0.115 e. The first-order chi connectivity index (χ1) is 24.2. The predicted molar refractivity (Wildman–Crippen MR) is 206 cm³/mol. The van der Waals surface area contributed by atoms with Crippen molar-refractivity contribution in [1.29, 1.82) is 0 Å². The van der Waals surface area contributed by atoms with Crippen molar-refractivity contribution in [2.24, 2.45) is 0 Å². The molecule has 7 rings (SSSR count). The summed E-state index contributed by atoms with van der Waals surface area (Å²) in [5.74, 6) is 0.352. The molecule has 0 saturated heterocycles. The number of hydrogen-bond donors (Lipinski definition) is 2. The number of benzene rings is 7. The first-order valence-electron chi connectivity index (χ1n) is 16.0. The van der Waals surface area contributed by atoms with Gasteiger partial charge in [-0.2, -0.15) is 0 Å². The average molecular weight is 733 g/mol. The molecule has 0 amide bonds. The minimum Gasteiger partial charge on any atom is -0.508 e. The Morgan fingerprint density at radius 1 is 0.240 bits per heavy atom. The Morgan fingerprint density at radius 3 is 0.560 bits per heavy atom. The third-order valence-electron chi connectivity index (χ3n) is 9.46. The summed E-state index contributed by atoms with van der Waals surface area (Å²) in [6.07, 6.45) is 0. The Bertz CT molecular complexity index is 1830. The molecule has 7 aromatic carbocycles. The largest absolute Gasteiger partial charge is 0.508 e. The lowest BCUT2D eigenvalue weighted by atomic mass is 9.63. The van der Waals surface area contributed by atoms with Crippen LogP contribution in [0, 0.1) is 0 Å². The van der Waals surface area contributed by atoms with E-state index in [1.165, 1.54) is 0 Å². The number of aromatic hydroxyl groups is 2. The summed E-state index contributed by atoms with van der Waals surface area (Å²) >= 11 is 25.7. The Morgan fingerprint density at radius 2 is 0.380 bits per heavy atom. The summed E-state index contributed by atoms with van der Waals surface area (Å²) in [5.41, 5.74) is 6.20. The van der Waals surface area contributed by atoms with Crippen molar-refractivity contribution >= 4 is 46.4 Å². The van der Waals surface area contributed by atoms with Gasteiger partial charge in [0.05, 0.1) is 10.8 Å². The van der Waals surface area contributed by atoms with E-state index in [4.69, 9.17) is 46.4 Å². The minimum atomic E-state index is -0.816. The number of hydrogen-bond acceptors (Lipinski definition) is 2. The van der Waals surface area contributed by atoms with E-state index < -0.39 is 10.8 Å². The van der Waals surface area contributed by atoms with Crippen molar-refractivity contribution in [1.82, 2.24) is 0 Å². The molecule has 2 N–H and O–H groups in total. The molecule has 0 aliphatic heterocycles. The lowest BCUT2D eigenvalue weighted by Crippen LogP contribution is -2.33. The number of halogens is 4. The Kier molecular flexibility index (Phi) is 9.39. The van der Waals surface area contributed by atoms with Gasteiger partial charge in [-0.15, -0.1) is 0 Å². The second kappa shape index (κ2) is 13.9. The van der Waals surface area contributed by atoms with Crippen LogP contribution in [0.25, 0.3) is 0 Å². The second-order valence-corrected chi connectivity index (χ2v) is 13.9. The van der Waals surface area contributed by atoms with E-state index >= 15 is 0 Å². The molecule has 0 unspecified atom stereocenters. The molecule has 0 bridgehead atoms. The normalized spacial score (nSPS) is 11.8. The van der Waals surface area contributed by atoms with E-state index in [9.17, 15) is 10.2 Å². The van der Waals surface area contributed by atoms with Crippen molar-refractivity contribution in [2.75, 3.05) is 0 Å². The van der Waals surface area contributed by atoms with Crippen LogP contribution in [-0.4, -0.2) is 10.2 Å². The van der Waals surface area contributed by atoms with E-state index in [1.54, 1.807) is 24.3 Å². The molecule has 0 radical (unpaired) electrons. The van der Waals surface area contributed by atoms with E-state index in [-0.39, 0.29) is 11.5 Å². The van der Waals surface area contributed by atoms with Gasteiger partial charge in [-0.1, -0.05) is 143 Å². The van der Waals surface area contributed by atoms with Crippen molar-refractivity contribution in [3.8, 4) is 11.5 Å². The van der Waals surface area contributed by atoms with E-state index in [0.717, 1.165) is 44.5 Å². The molecule has 7 aromatic rings. The first-order valence-corrected chi connectivity index (χ1v) is 17.5. The molecule has 0 aliphatic carbocycles. The van der Waals surface area contributed by atoms with Crippen LogP contribution in [0.15, 0.2) is 170 Å². The van der Waals surface area contributed by atoms with E-state index in [0.29, 0.717) is 20.1 Å². The molecule has 246 valence electrons. The zero-order valence-corrected chi connectivity index (χ0v) is 29.6. The fourth-order valence-electron chi connectivity index (χ4n) is 7.19. The third kappa shape index (κ3) is 6.04. The van der Waals surface area contributed by atoms with Gasteiger partial charge in [0.2, 0.25) is 0 Å². The van der Waals surface area contributed by atoms with Gasteiger partial charge in [-0.25, -0.2) is 0 Å². The summed E-state index contributed by atoms with van der Waals surface area (Å²) in [4.78, 5) is 0. The van der Waals surface area contributed by atoms with Crippen LogP contribution in [0.3, 0.4) is 0 Å². The summed E-state index contributed by atoms with van der Waals surface area (Å²) in [5, 5.41) is 23.2. The topological polar surface area (TPSA) is 40.5 Å². The molecule has 0 spiro atoms. The van der Waals surface area contributed by atoms with Gasteiger partial charge in [0, 0.05) is 20.1 Å². The van der Waals surface area contributed by atoms with E-state index in [2.05, 4.69) is 24.3 Å². The minimum absolute atomic E-state index is 0.176. The van der Waals surface area contributed by atoms with Gasteiger partial charge in [0.1, 0.15) is 11.5 Å². The lowest BCUT2D eigenvalue weighted by molar-refractivity contribution is 0.474. The van der Waals surface area contributed by atoms with Gasteiger partial charge < -0.3 is 10.2 Å². The molecule has 50 heavy (non-hydrogen) atoms.